The zero-order valence-electron chi connectivity index (χ0n) is 13.7. The van der Waals surface area contributed by atoms with Gasteiger partial charge in [-0.05, 0) is 42.0 Å². The number of fused-ring (bicyclic) bond motifs is 1. The number of nitrogens with two attached hydrogens (primary N) is 1. The first-order valence-electron chi connectivity index (χ1n) is 7.89. The number of aliphatic hydroxyl groups is 1. The average molecular weight is 329 g/mol. The Morgan fingerprint density at radius 1 is 1.21 bits per heavy atom. The molecular weight excluding hydrogens is 306 g/mol. The predicted octanol–water partition coefficient (Wildman–Crippen LogP) is 2.32. The number of hydrogen-bond donors (Lipinski definition) is 3. The number of methoxy groups -OCH3 is 1. The van der Waals surface area contributed by atoms with Gasteiger partial charge in [0.1, 0.15) is 5.75 Å². The van der Waals surface area contributed by atoms with Gasteiger partial charge in [0.2, 0.25) is 0 Å². The summed E-state index contributed by atoms with van der Waals surface area (Å²) >= 11 is 0. The fraction of sp³-hybridized carbons (Fsp3) is 0.316. The van der Waals surface area contributed by atoms with Gasteiger partial charge in [-0.25, -0.2) is 4.79 Å². The number of carbonyl (C=O) groups is 1. The first-order valence-corrected chi connectivity index (χ1v) is 7.89. The predicted molar refractivity (Wildman–Crippen MR) is 92.0 cm³/mol. The van der Waals surface area contributed by atoms with Crippen LogP contribution in [0.4, 0.5) is 0 Å². The topological polar surface area (TPSA) is 92.8 Å². The van der Waals surface area contributed by atoms with Crippen molar-refractivity contribution in [2.24, 2.45) is 5.73 Å². The molecule has 24 heavy (non-hydrogen) atoms. The van der Waals surface area contributed by atoms with E-state index < -0.39 is 12.1 Å². The van der Waals surface area contributed by atoms with Gasteiger partial charge in [0.05, 0.1) is 7.11 Å². The van der Waals surface area contributed by atoms with Crippen molar-refractivity contribution in [3.63, 3.8) is 0 Å². The summed E-state index contributed by atoms with van der Waals surface area (Å²) in [6.45, 7) is 0. The second-order valence-electron chi connectivity index (χ2n) is 5.75. The average Bonchev–Trinajstić information content (AvgIpc) is 2.61. The number of ether oxygens (including phenoxy) is 1. The number of rotatable bonds is 3. The van der Waals surface area contributed by atoms with E-state index in [4.69, 9.17) is 20.7 Å². The Kier molecular flexibility index (Phi) is 6.35. The van der Waals surface area contributed by atoms with Crippen LogP contribution in [0.25, 0.3) is 0 Å². The van der Waals surface area contributed by atoms with Crippen LogP contribution < -0.4 is 10.5 Å². The van der Waals surface area contributed by atoms with E-state index in [0.29, 0.717) is 11.6 Å². The van der Waals surface area contributed by atoms with E-state index in [9.17, 15) is 4.79 Å². The van der Waals surface area contributed by atoms with Crippen LogP contribution in [0.1, 0.15) is 29.2 Å². The van der Waals surface area contributed by atoms with Crippen molar-refractivity contribution < 1.29 is 19.7 Å². The molecule has 2 atom stereocenters. The maximum atomic E-state index is 10.2. The van der Waals surface area contributed by atoms with E-state index in [1.165, 1.54) is 11.1 Å². The van der Waals surface area contributed by atoms with Crippen molar-refractivity contribution in [1.82, 2.24) is 0 Å². The number of benzene rings is 2. The zero-order chi connectivity index (χ0) is 17.5. The molecule has 1 aliphatic rings. The quantitative estimate of drug-likeness (QED) is 0.803. The van der Waals surface area contributed by atoms with Crippen LogP contribution >= 0.6 is 0 Å². The van der Waals surface area contributed by atoms with Crippen molar-refractivity contribution in [2.45, 2.75) is 31.4 Å². The van der Waals surface area contributed by atoms with Crippen LogP contribution in [0.15, 0.2) is 48.5 Å². The summed E-state index contributed by atoms with van der Waals surface area (Å²) < 4.78 is 5.31. The SMILES string of the molecule is COc1cccc2c1CCC(N)C2.O=C(O)[C@@H](O)c1ccccc1. The number of hydrogen-bond acceptors (Lipinski definition) is 4. The van der Waals surface area contributed by atoms with Gasteiger partial charge in [-0.3, -0.25) is 0 Å². The molecule has 0 radical (unpaired) electrons. The molecule has 3 rings (SSSR count). The van der Waals surface area contributed by atoms with Crippen molar-refractivity contribution in [3.8, 4) is 5.75 Å². The summed E-state index contributed by atoms with van der Waals surface area (Å²) in [5, 5.41) is 17.4. The lowest BCUT2D eigenvalue weighted by Crippen LogP contribution is -2.27. The Bertz CT molecular complexity index is 672. The van der Waals surface area contributed by atoms with Gasteiger partial charge in [-0.15, -0.1) is 0 Å². The second kappa shape index (κ2) is 8.47. The van der Waals surface area contributed by atoms with Gasteiger partial charge in [0.15, 0.2) is 6.10 Å². The van der Waals surface area contributed by atoms with Crippen molar-refractivity contribution >= 4 is 5.97 Å². The molecule has 0 aliphatic heterocycles. The number of carboxylic acids is 1. The standard InChI is InChI=1S/C11H15NO.C8H8O3/c1-13-11-4-2-3-8-7-9(12)5-6-10(8)11;9-7(8(10)11)6-4-2-1-3-5-6/h2-4,9H,5-7,12H2,1H3;1-5,7,9H,(H,10,11)/t;7-/m.0/s1. The molecule has 5 nitrogen and oxygen atoms in total. The molecule has 0 saturated carbocycles. The van der Waals surface area contributed by atoms with Gasteiger partial charge < -0.3 is 20.7 Å². The second-order valence-corrected chi connectivity index (χ2v) is 5.75. The molecule has 1 unspecified atom stereocenters. The van der Waals surface area contributed by atoms with Crippen LogP contribution in [0.2, 0.25) is 0 Å². The van der Waals surface area contributed by atoms with Gasteiger partial charge in [-0.1, -0.05) is 42.5 Å². The molecule has 0 saturated heterocycles. The maximum Gasteiger partial charge on any atom is 0.337 e. The van der Waals surface area contributed by atoms with Crippen LogP contribution in [-0.4, -0.2) is 29.3 Å². The largest absolute Gasteiger partial charge is 0.496 e. The van der Waals surface area contributed by atoms with Gasteiger partial charge >= 0.3 is 5.97 Å². The summed E-state index contributed by atoms with van der Waals surface area (Å²) in [4.78, 5) is 10.2. The maximum absolute atomic E-state index is 10.2. The first kappa shape index (κ1) is 18.0. The normalized spacial score (nSPS) is 17.0. The molecule has 0 spiro atoms. The van der Waals surface area contributed by atoms with E-state index in [-0.39, 0.29) is 0 Å². The third kappa shape index (κ3) is 4.57. The first-order chi connectivity index (χ1) is 11.5. The van der Waals surface area contributed by atoms with E-state index in [1.54, 1.807) is 37.4 Å². The van der Waals surface area contributed by atoms with Gasteiger partial charge in [-0.2, -0.15) is 0 Å². The highest BCUT2D eigenvalue weighted by atomic mass is 16.5. The van der Waals surface area contributed by atoms with E-state index in [1.807, 2.05) is 12.1 Å². The third-order valence-corrected chi connectivity index (χ3v) is 4.05. The van der Waals surface area contributed by atoms with Gasteiger partial charge in [0.25, 0.3) is 0 Å². The highest BCUT2D eigenvalue weighted by Crippen LogP contribution is 2.28. The van der Waals surface area contributed by atoms with Crippen molar-refractivity contribution in [3.05, 3.63) is 65.2 Å². The van der Waals surface area contributed by atoms with Crippen molar-refractivity contribution in [2.75, 3.05) is 7.11 Å². The number of aliphatic carboxylic acids is 1. The molecule has 4 N–H and O–H groups in total. The highest BCUT2D eigenvalue weighted by Gasteiger charge is 2.18. The molecule has 128 valence electrons. The minimum Gasteiger partial charge on any atom is -0.496 e. The minimum absolute atomic E-state index is 0.333. The Morgan fingerprint density at radius 3 is 2.54 bits per heavy atom. The summed E-state index contributed by atoms with van der Waals surface area (Å²) in [7, 11) is 1.73. The summed E-state index contributed by atoms with van der Waals surface area (Å²) in [5.41, 5.74) is 9.02. The molecule has 2 aromatic rings. The van der Waals surface area contributed by atoms with Crippen LogP contribution in [-0.2, 0) is 17.6 Å². The monoisotopic (exact) mass is 329 g/mol. The Hall–Kier alpha value is -2.37. The van der Waals surface area contributed by atoms with Crippen LogP contribution in [0, 0.1) is 0 Å². The summed E-state index contributed by atoms with van der Waals surface area (Å²) in [6.07, 6.45) is 1.72. The fourth-order valence-corrected chi connectivity index (χ4v) is 2.77. The lowest BCUT2D eigenvalue weighted by molar-refractivity contribution is -0.146. The minimum atomic E-state index is -1.41. The lowest BCUT2D eigenvalue weighted by Gasteiger charge is -2.22. The smallest absolute Gasteiger partial charge is 0.337 e. The molecule has 0 bridgehead atoms. The molecule has 1 aliphatic carbocycles. The van der Waals surface area contributed by atoms with Crippen LogP contribution in [0.5, 0.6) is 5.75 Å². The van der Waals surface area contributed by atoms with Gasteiger partial charge in [0, 0.05) is 6.04 Å². The Morgan fingerprint density at radius 2 is 1.92 bits per heavy atom. The molecule has 0 heterocycles. The van der Waals surface area contributed by atoms with Crippen molar-refractivity contribution in [1.29, 1.82) is 0 Å². The summed E-state index contributed by atoms with van der Waals surface area (Å²) in [5.74, 6) is -0.208. The van der Waals surface area contributed by atoms with E-state index in [0.717, 1.165) is 25.0 Å². The van der Waals surface area contributed by atoms with E-state index >= 15 is 0 Å². The Labute approximate surface area is 141 Å². The van der Waals surface area contributed by atoms with Crippen LogP contribution in [0.3, 0.4) is 0 Å². The molecule has 0 fully saturated rings. The number of carboxylic acid groups (broad SMARTS) is 1. The zero-order valence-corrected chi connectivity index (χ0v) is 13.7. The molecule has 2 aromatic carbocycles. The van der Waals surface area contributed by atoms with E-state index in [2.05, 4.69) is 6.07 Å². The molecule has 0 amide bonds. The molecule has 5 heteroatoms. The molecular formula is C19H23NO4. The Balaban J connectivity index is 0.000000177. The lowest BCUT2D eigenvalue weighted by atomic mass is 9.88. The third-order valence-electron chi connectivity index (χ3n) is 4.05. The highest BCUT2D eigenvalue weighted by molar-refractivity contribution is 5.73. The summed E-state index contributed by atoms with van der Waals surface area (Å²) in [6, 6.07) is 14.8. The fourth-order valence-electron chi connectivity index (χ4n) is 2.77. The molecule has 0 aromatic heterocycles. The number of aliphatic hydroxyl groups excluding tert-OH is 1.